The molecule has 1 saturated carbocycles. The van der Waals surface area contributed by atoms with Crippen LogP contribution in [0.4, 0.5) is 0 Å². The van der Waals surface area contributed by atoms with Crippen molar-refractivity contribution >= 4 is 33.7 Å². The van der Waals surface area contributed by atoms with E-state index in [0.717, 1.165) is 0 Å². The van der Waals surface area contributed by atoms with Gasteiger partial charge in [0.1, 0.15) is 11.5 Å². The van der Waals surface area contributed by atoms with Gasteiger partial charge in [-0.1, -0.05) is 48.0 Å². The van der Waals surface area contributed by atoms with Crippen LogP contribution in [-0.4, -0.2) is 23.1 Å². The Morgan fingerprint density at radius 1 is 0.870 bits per heavy atom. The van der Waals surface area contributed by atoms with E-state index < -0.39 is 11.9 Å². The maximum Gasteiger partial charge on any atom is 0.308 e. The molecule has 0 saturated heterocycles. The summed E-state index contributed by atoms with van der Waals surface area (Å²) in [6.45, 7) is 2.48. The van der Waals surface area contributed by atoms with Crippen molar-refractivity contribution < 1.29 is 23.9 Å². The number of hydrogen-bond donors (Lipinski definition) is 0. The summed E-state index contributed by atoms with van der Waals surface area (Å²) in [4.78, 5) is 33.3. The Labute approximate surface area is 144 Å². The van der Waals surface area contributed by atoms with Crippen LogP contribution in [0.2, 0.25) is 0 Å². The van der Waals surface area contributed by atoms with E-state index in [0.29, 0.717) is 5.56 Å². The molecule has 5 nitrogen and oxygen atoms in total. The number of ether oxygens (including phenoxy) is 2. The van der Waals surface area contributed by atoms with Gasteiger partial charge in [0.15, 0.2) is 5.78 Å². The second kappa shape index (κ2) is 10.2. The van der Waals surface area contributed by atoms with Crippen LogP contribution in [0.3, 0.4) is 0 Å². The van der Waals surface area contributed by atoms with Crippen LogP contribution in [-0.2, 0) is 9.59 Å². The number of carbonyl (C=O) groups is 3. The molecule has 0 amide bonds. The van der Waals surface area contributed by atoms with Gasteiger partial charge in [0.25, 0.3) is 0 Å². The lowest BCUT2D eigenvalue weighted by Crippen LogP contribution is -2.07. The second-order valence-corrected chi connectivity index (χ2v) is 5.77. The Morgan fingerprint density at radius 3 is 1.57 bits per heavy atom. The maximum absolute atomic E-state index is 11.6. The molecule has 0 aromatic heterocycles. The first-order valence-corrected chi connectivity index (χ1v) is 8.65. The third-order valence-corrected chi connectivity index (χ3v) is 3.61. The van der Waals surface area contributed by atoms with Gasteiger partial charge in [-0.2, -0.15) is 0 Å². The van der Waals surface area contributed by atoms with Crippen molar-refractivity contribution in [1.29, 1.82) is 0 Å². The highest BCUT2D eigenvalue weighted by Crippen LogP contribution is 2.24. The van der Waals surface area contributed by atoms with Gasteiger partial charge in [-0.15, -0.1) is 0 Å². The average molecular weight is 385 g/mol. The number of ketones is 1. The minimum absolute atomic E-state index is 0.121. The summed E-state index contributed by atoms with van der Waals surface area (Å²) < 4.78 is 9.75. The summed E-state index contributed by atoms with van der Waals surface area (Å²) >= 11 is 3.04. The van der Waals surface area contributed by atoms with Crippen molar-refractivity contribution in [2.45, 2.75) is 46.0 Å². The lowest BCUT2D eigenvalue weighted by Gasteiger charge is -2.07. The van der Waals surface area contributed by atoms with E-state index in [2.05, 4.69) is 15.9 Å². The molecule has 0 N–H and O–H groups in total. The first-order chi connectivity index (χ1) is 10.9. The Bertz CT molecular complexity index is 522. The van der Waals surface area contributed by atoms with Gasteiger partial charge in [0.2, 0.25) is 0 Å². The number of alkyl halides is 1. The molecular weight excluding hydrogens is 364 g/mol. The Balaban J connectivity index is 0.000000446. The van der Waals surface area contributed by atoms with Crippen LogP contribution < -0.4 is 9.47 Å². The van der Waals surface area contributed by atoms with Gasteiger partial charge in [0, 0.05) is 25.5 Å². The molecular formula is C17H21BrO5. The molecule has 0 spiro atoms. The highest BCUT2D eigenvalue weighted by Gasteiger charge is 2.11. The first kappa shape index (κ1) is 19.4. The topological polar surface area (TPSA) is 69.7 Å². The summed E-state index contributed by atoms with van der Waals surface area (Å²) in [7, 11) is 0. The van der Waals surface area contributed by atoms with E-state index in [1.165, 1.54) is 64.2 Å². The third kappa shape index (κ3) is 7.93. The van der Waals surface area contributed by atoms with Crippen molar-refractivity contribution in [3.63, 3.8) is 0 Å². The van der Waals surface area contributed by atoms with Gasteiger partial charge in [-0.25, -0.2) is 0 Å². The summed E-state index contributed by atoms with van der Waals surface area (Å²) in [5.74, 6) is -0.937. The number of benzene rings is 1. The minimum Gasteiger partial charge on any atom is -0.427 e. The predicted octanol–water partition coefficient (Wildman–Crippen LogP) is 4.07. The van der Waals surface area contributed by atoms with Gasteiger partial charge in [-0.3, -0.25) is 14.4 Å². The molecule has 1 fully saturated rings. The number of esters is 2. The molecule has 1 aromatic carbocycles. The molecule has 0 aliphatic heterocycles. The lowest BCUT2D eigenvalue weighted by molar-refractivity contribution is -0.132. The molecule has 0 unspecified atom stereocenters. The molecule has 126 valence electrons. The van der Waals surface area contributed by atoms with Gasteiger partial charge in [0.05, 0.1) is 5.33 Å². The van der Waals surface area contributed by atoms with Crippen molar-refractivity contribution in [3.8, 4) is 11.5 Å². The fourth-order valence-corrected chi connectivity index (χ4v) is 2.47. The van der Waals surface area contributed by atoms with Crippen molar-refractivity contribution in [3.05, 3.63) is 23.8 Å². The van der Waals surface area contributed by atoms with Crippen LogP contribution in [0.5, 0.6) is 11.5 Å². The van der Waals surface area contributed by atoms with Crippen LogP contribution in [0.1, 0.15) is 56.3 Å². The smallest absolute Gasteiger partial charge is 0.308 e. The number of halogens is 1. The monoisotopic (exact) mass is 384 g/mol. The molecule has 0 bridgehead atoms. The van der Waals surface area contributed by atoms with E-state index in [4.69, 9.17) is 9.47 Å². The molecule has 1 aliphatic carbocycles. The number of rotatable bonds is 4. The molecule has 2 rings (SSSR count). The number of carbonyl (C=O) groups excluding carboxylic acids is 3. The largest absolute Gasteiger partial charge is 0.427 e. The van der Waals surface area contributed by atoms with Gasteiger partial charge in [-0.05, 0) is 12.1 Å². The molecule has 23 heavy (non-hydrogen) atoms. The van der Waals surface area contributed by atoms with Crippen LogP contribution in [0.25, 0.3) is 0 Å². The highest BCUT2D eigenvalue weighted by molar-refractivity contribution is 9.09. The van der Waals surface area contributed by atoms with Crippen molar-refractivity contribution in [1.82, 2.24) is 0 Å². The predicted molar refractivity (Wildman–Crippen MR) is 90.3 cm³/mol. The summed E-state index contributed by atoms with van der Waals surface area (Å²) in [5, 5.41) is 0.121. The summed E-state index contributed by atoms with van der Waals surface area (Å²) in [6.07, 6.45) is 7.50. The molecule has 0 radical (unpaired) electrons. The number of hydrogen-bond acceptors (Lipinski definition) is 5. The molecule has 0 atom stereocenters. The average Bonchev–Trinajstić information content (AvgIpc) is 3.04. The zero-order chi connectivity index (χ0) is 17.2. The van der Waals surface area contributed by atoms with Crippen LogP contribution in [0.15, 0.2) is 18.2 Å². The van der Waals surface area contributed by atoms with E-state index in [9.17, 15) is 14.4 Å². The normalized spacial score (nSPS) is 12.8. The summed E-state index contributed by atoms with van der Waals surface area (Å²) in [5.41, 5.74) is 0.293. The fourth-order valence-electron chi connectivity index (χ4n) is 2.14. The second-order valence-electron chi connectivity index (χ2n) is 5.20. The zero-order valence-corrected chi connectivity index (χ0v) is 15.0. The van der Waals surface area contributed by atoms with E-state index >= 15 is 0 Å². The zero-order valence-electron chi connectivity index (χ0n) is 13.4. The van der Waals surface area contributed by atoms with Gasteiger partial charge < -0.3 is 9.47 Å². The van der Waals surface area contributed by atoms with E-state index in [-0.39, 0.29) is 22.6 Å². The molecule has 0 heterocycles. The van der Waals surface area contributed by atoms with Crippen molar-refractivity contribution in [2.75, 3.05) is 5.33 Å². The van der Waals surface area contributed by atoms with E-state index in [1.54, 1.807) is 0 Å². The van der Waals surface area contributed by atoms with Gasteiger partial charge >= 0.3 is 11.9 Å². The third-order valence-electron chi connectivity index (χ3n) is 3.10. The summed E-state index contributed by atoms with van der Waals surface area (Å²) in [6, 6.07) is 4.20. The standard InChI is InChI=1S/C12H11BrO5.C5H10/c1-7(14)17-10-3-9(12(16)6-13)4-11(5-10)18-8(2)15;1-2-4-5-3-1/h3-5H,6H2,1-2H3;1-5H2. The molecule has 1 aliphatic rings. The first-order valence-electron chi connectivity index (χ1n) is 7.53. The maximum atomic E-state index is 11.6. The fraction of sp³-hybridized carbons (Fsp3) is 0.471. The Hall–Kier alpha value is -1.69. The van der Waals surface area contributed by atoms with Crippen molar-refractivity contribution in [2.24, 2.45) is 0 Å². The SMILES string of the molecule is C1CCCC1.CC(=O)Oc1cc(OC(C)=O)cc(C(=O)CBr)c1. The highest BCUT2D eigenvalue weighted by atomic mass is 79.9. The molecule has 6 heteroatoms. The van der Waals surface area contributed by atoms with Crippen LogP contribution in [0, 0.1) is 0 Å². The lowest BCUT2D eigenvalue weighted by atomic mass is 10.1. The Kier molecular flexibility index (Phi) is 8.55. The number of Topliss-reactive ketones (excluding diaryl/α,β-unsaturated/α-hetero) is 1. The quantitative estimate of drug-likeness (QED) is 0.338. The van der Waals surface area contributed by atoms with Crippen LogP contribution >= 0.6 is 15.9 Å². The Morgan fingerprint density at radius 2 is 1.26 bits per heavy atom. The molecule has 1 aromatic rings. The van der Waals surface area contributed by atoms with E-state index in [1.807, 2.05) is 0 Å². The minimum atomic E-state index is -0.521.